The van der Waals surface area contributed by atoms with Crippen molar-refractivity contribution in [3.05, 3.63) is 0 Å². The van der Waals surface area contributed by atoms with Gasteiger partial charge in [0.05, 0.1) is 0 Å². The van der Waals surface area contributed by atoms with Crippen LogP contribution in [0.25, 0.3) is 0 Å². The first kappa shape index (κ1) is 11.9. The molecular weight excluding hydrogens is 200 g/mol. The standard InChI is InChI=1S/C9H20N2O2S/c1-8(2)9-4-3-6-11(7-5-9)14(10,12)13/h8-9H,3-7H2,1-2H3,(H2,10,12,13)/t9-/m1/s1. The van der Waals surface area contributed by atoms with E-state index in [0.717, 1.165) is 19.3 Å². The third-order valence-electron chi connectivity index (χ3n) is 3.03. The molecule has 0 aromatic carbocycles. The molecule has 1 fully saturated rings. The quantitative estimate of drug-likeness (QED) is 0.753. The molecule has 1 heterocycles. The summed E-state index contributed by atoms with van der Waals surface area (Å²) < 4.78 is 23.6. The Morgan fingerprint density at radius 3 is 2.43 bits per heavy atom. The van der Waals surface area contributed by atoms with Gasteiger partial charge in [-0.05, 0) is 31.1 Å². The Balaban J connectivity index is 2.58. The molecule has 0 aliphatic carbocycles. The molecule has 0 radical (unpaired) electrons. The van der Waals surface area contributed by atoms with Crippen molar-refractivity contribution in [3.63, 3.8) is 0 Å². The van der Waals surface area contributed by atoms with Gasteiger partial charge in [0.2, 0.25) is 0 Å². The lowest BCUT2D eigenvalue weighted by molar-refractivity contribution is 0.341. The Labute approximate surface area is 86.6 Å². The van der Waals surface area contributed by atoms with Crippen molar-refractivity contribution >= 4 is 10.2 Å². The number of nitrogens with two attached hydrogens (primary N) is 1. The van der Waals surface area contributed by atoms with Crippen molar-refractivity contribution in [2.24, 2.45) is 17.0 Å². The molecule has 1 aliphatic rings. The largest absolute Gasteiger partial charge is 0.276 e. The van der Waals surface area contributed by atoms with Crippen molar-refractivity contribution in [1.29, 1.82) is 0 Å². The van der Waals surface area contributed by atoms with E-state index in [2.05, 4.69) is 13.8 Å². The maximum atomic E-state index is 11.1. The summed E-state index contributed by atoms with van der Waals surface area (Å²) in [6.45, 7) is 5.55. The summed E-state index contributed by atoms with van der Waals surface area (Å²) in [6, 6.07) is 0. The predicted octanol–water partition coefficient (Wildman–Crippen LogP) is 0.948. The Morgan fingerprint density at radius 2 is 1.93 bits per heavy atom. The van der Waals surface area contributed by atoms with Crippen LogP contribution in [0.4, 0.5) is 0 Å². The fourth-order valence-electron chi connectivity index (χ4n) is 2.02. The van der Waals surface area contributed by atoms with E-state index in [1.807, 2.05) is 0 Å². The molecule has 14 heavy (non-hydrogen) atoms. The van der Waals surface area contributed by atoms with Crippen LogP contribution in [-0.2, 0) is 10.2 Å². The zero-order valence-electron chi connectivity index (χ0n) is 8.94. The smallest absolute Gasteiger partial charge is 0.216 e. The first-order valence-electron chi connectivity index (χ1n) is 5.19. The highest BCUT2D eigenvalue weighted by Crippen LogP contribution is 2.24. The molecule has 4 nitrogen and oxygen atoms in total. The van der Waals surface area contributed by atoms with Gasteiger partial charge < -0.3 is 0 Å². The van der Waals surface area contributed by atoms with Crippen LogP contribution in [0.2, 0.25) is 0 Å². The molecule has 2 N–H and O–H groups in total. The lowest BCUT2D eigenvalue weighted by atomic mass is 9.89. The third-order valence-corrected chi connectivity index (χ3v) is 4.12. The van der Waals surface area contributed by atoms with Crippen molar-refractivity contribution in [2.75, 3.05) is 13.1 Å². The summed E-state index contributed by atoms with van der Waals surface area (Å²) in [5.41, 5.74) is 0. The molecule has 0 aromatic heterocycles. The molecule has 0 saturated carbocycles. The highest BCUT2D eigenvalue weighted by molar-refractivity contribution is 7.86. The summed E-state index contributed by atoms with van der Waals surface area (Å²) >= 11 is 0. The minimum absolute atomic E-state index is 0.585. The van der Waals surface area contributed by atoms with Gasteiger partial charge in [0.1, 0.15) is 0 Å². The van der Waals surface area contributed by atoms with Crippen LogP contribution in [0.5, 0.6) is 0 Å². The van der Waals surface area contributed by atoms with E-state index in [1.165, 1.54) is 4.31 Å². The van der Waals surface area contributed by atoms with E-state index in [0.29, 0.717) is 24.9 Å². The second-order valence-corrected chi connectivity index (χ2v) is 5.93. The van der Waals surface area contributed by atoms with Crippen molar-refractivity contribution < 1.29 is 8.42 Å². The Bertz CT molecular complexity index is 275. The summed E-state index contributed by atoms with van der Waals surface area (Å²) in [6.07, 6.45) is 2.98. The van der Waals surface area contributed by atoms with Crippen molar-refractivity contribution in [2.45, 2.75) is 33.1 Å². The number of hydrogen-bond acceptors (Lipinski definition) is 2. The molecule has 1 aliphatic heterocycles. The number of rotatable bonds is 2. The topological polar surface area (TPSA) is 63.4 Å². The second-order valence-electron chi connectivity index (χ2n) is 4.38. The van der Waals surface area contributed by atoms with Gasteiger partial charge in [-0.15, -0.1) is 0 Å². The van der Waals surface area contributed by atoms with E-state index in [9.17, 15) is 8.42 Å². The van der Waals surface area contributed by atoms with Gasteiger partial charge >= 0.3 is 0 Å². The fourth-order valence-corrected chi connectivity index (χ4v) is 2.76. The van der Waals surface area contributed by atoms with Crippen LogP contribution < -0.4 is 5.14 Å². The summed E-state index contributed by atoms with van der Waals surface area (Å²) in [5, 5.41) is 5.10. The Morgan fingerprint density at radius 1 is 1.29 bits per heavy atom. The highest BCUT2D eigenvalue weighted by Gasteiger charge is 2.24. The van der Waals surface area contributed by atoms with Crippen molar-refractivity contribution in [1.82, 2.24) is 4.31 Å². The van der Waals surface area contributed by atoms with Crippen LogP contribution in [0.3, 0.4) is 0 Å². The van der Waals surface area contributed by atoms with Crippen LogP contribution in [0.1, 0.15) is 33.1 Å². The van der Waals surface area contributed by atoms with E-state index in [4.69, 9.17) is 5.14 Å². The van der Waals surface area contributed by atoms with Crippen LogP contribution in [-0.4, -0.2) is 25.8 Å². The molecule has 1 atom stereocenters. The zero-order chi connectivity index (χ0) is 10.8. The lowest BCUT2D eigenvalue weighted by Gasteiger charge is -2.19. The zero-order valence-corrected chi connectivity index (χ0v) is 9.76. The van der Waals surface area contributed by atoms with Gasteiger partial charge in [0, 0.05) is 13.1 Å². The van der Waals surface area contributed by atoms with Gasteiger partial charge in [-0.1, -0.05) is 13.8 Å². The normalized spacial score (nSPS) is 26.4. The van der Waals surface area contributed by atoms with E-state index >= 15 is 0 Å². The minimum atomic E-state index is -3.47. The summed E-state index contributed by atoms with van der Waals surface area (Å²) in [5.74, 6) is 1.28. The Kier molecular flexibility index (Phi) is 3.92. The second kappa shape index (κ2) is 4.59. The minimum Gasteiger partial charge on any atom is -0.216 e. The molecule has 0 amide bonds. The molecule has 0 bridgehead atoms. The van der Waals surface area contributed by atoms with E-state index < -0.39 is 10.2 Å². The highest BCUT2D eigenvalue weighted by atomic mass is 32.2. The molecule has 1 saturated heterocycles. The average molecular weight is 220 g/mol. The molecule has 1 rings (SSSR count). The maximum absolute atomic E-state index is 11.1. The first-order chi connectivity index (χ1) is 6.41. The van der Waals surface area contributed by atoms with E-state index in [1.54, 1.807) is 0 Å². The summed E-state index contributed by atoms with van der Waals surface area (Å²) in [4.78, 5) is 0. The number of nitrogens with zero attached hydrogens (tertiary/aromatic N) is 1. The third kappa shape index (κ3) is 3.22. The fraction of sp³-hybridized carbons (Fsp3) is 1.00. The molecule has 5 heteroatoms. The average Bonchev–Trinajstić information content (AvgIpc) is 2.26. The van der Waals surface area contributed by atoms with Crippen LogP contribution >= 0.6 is 0 Å². The molecule has 84 valence electrons. The van der Waals surface area contributed by atoms with Gasteiger partial charge in [0.25, 0.3) is 10.2 Å². The predicted molar refractivity (Wildman–Crippen MR) is 56.9 cm³/mol. The molecule has 0 unspecified atom stereocenters. The van der Waals surface area contributed by atoms with Gasteiger partial charge in [-0.3, -0.25) is 0 Å². The first-order valence-corrected chi connectivity index (χ1v) is 6.69. The van der Waals surface area contributed by atoms with Gasteiger partial charge in [0.15, 0.2) is 0 Å². The number of hydrogen-bond donors (Lipinski definition) is 1. The van der Waals surface area contributed by atoms with Gasteiger partial charge in [-0.2, -0.15) is 12.7 Å². The van der Waals surface area contributed by atoms with Crippen molar-refractivity contribution in [3.8, 4) is 0 Å². The molecular formula is C9H20N2O2S. The Hall–Kier alpha value is -0.130. The summed E-state index contributed by atoms with van der Waals surface area (Å²) in [7, 11) is -3.47. The van der Waals surface area contributed by atoms with Gasteiger partial charge in [-0.25, -0.2) is 5.14 Å². The maximum Gasteiger partial charge on any atom is 0.276 e. The SMILES string of the molecule is CC(C)[C@@H]1CCCN(S(N)(=O)=O)CC1. The van der Waals surface area contributed by atoms with Crippen LogP contribution in [0.15, 0.2) is 0 Å². The molecule has 0 spiro atoms. The molecule has 0 aromatic rings. The van der Waals surface area contributed by atoms with Crippen LogP contribution in [0, 0.1) is 11.8 Å². The van der Waals surface area contributed by atoms with E-state index in [-0.39, 0.29) is 0 Å². The lowest BCUT2D eigenvalue weighted by Crippen LogP contribution is -2.37. The monoisotopic (exact) mass is 220 g/mol.